The van der Waals surface area contributed by atoms with E-state index in [1.165, 1.54) is 12.4 Å². The third-order valence-corrected chi connectivity index (χ3v) is 5.19. The van der Waals surface area contributed by atoms with Crippen LogP contribution in [0.1, 0.15) is 15.9 Å². The number of aromatic hydroxyl groups is 1. The average Bonchev–Trinajstić information content (AvgIpc) is 3.03. The summed E-state index contributed by atoms with van der Waals surface area (Å²) in [5.41, 5.74) is 3.78. The highest BCUT2D eigenvalue weighted by Gasteiger charge is 2.33. The van der Waals surface area contributed by atoms with Gasteiger partial charge in [-0.2, -0.15) is 5.10 Å². The van der Waals surface area contributed by atoms with Crippen LogP contribution in [0.5, 0.6) is 5.75 Å². The monoisotopic (exact) mass is 394 g/mol. The number of nitrogens with one attached hydrogen (secondary N) is 1. The maximum absolute atomic E-state index is 13.4. The number of hydrogen-bond donors (Lipinski definition) is 2. The van der Waals surface area contributed by atoms with E-state index >= 15 is 0 Å². The highest BCUT2D eigenvalue weighted by Crippen LogP contribution is 2.44. The predicted molar refractivity (Wildman–Crippen MR) is 114 cm³/mol. The Morgan fingerprint density at radius 3 is 2.55 bits per heavy atom. The minimum atomic E-state index is -0.138. The maximum atomic E-state index is 13.4. The van der Waals surface area contributed by atoms with Crippen LogP contribution >= 0.6 is 0 Å². The van der Waals surface area contributed by atoms with Crippen molar-refractivity contribution in [3.63, 3.8) is 0 Å². The minimum Gasteiger partial charge on any atom is -0.506 e. The summed E-state index contributed by atoms with van der Waals surface area (Å²) in [6.07, 6.45) is 2.88. The first-order valence-corrected chi connectivity index (χ1v) is 9.67. The number of fused-ring (bicyclic) bond motifs is 2. The summed E-state index contributed by atoms with van der Waals surface area (Å²) in [6.45, 7) is 3.07. The van der Waals surface area contributed by atoms with Crippen LogP contribution in [0.4, 0.5) is 5.69 Å². The van der Waals surface area contributed by atoms with Crippen LogP contribution in [0.3, 0.4) is 0 Å². The molecular weight excluding hydrogens is 368 g/mol. The number of ketones is 1. The van der Waals surface area contributed by atoms with Gasteiger partial charge >= 0.3 is 0 Å². The Morgan fingerprint density at radius 1 is 1.07 bits per heavy atom. The van der Waals surface area contributed by atoms with E-state index in [1.807, 2.05) is 45.0 Å². The van der Waals surface area contributed by atoms with Crippen molar-refractivity contribution in [1.29, 1.82) is 0 Å². The van der Waals surface area contributed by atoms with E-state index in [1.54, 1.807) is 0 Å². The lowest BCUT2D eigenvalue weighted by molar-refractivity contribution is 0.104. The van der Waals surface area contributed by atoms with Crippen molar-refractivity contribution in [2.75, 3.05) is 53.1 Å². The van der Waals surface area contributed by atoms with E-state index in [9.17, 15) is 9.90 Å². The molecule has 8 nitrogen and oxygen atoms in total. The zero-order valence-corrected chi connectivity index (χ0v) is 17.2. The van der Waals surface area contributed by atoms with E-state index in [0.29, 0.717) is 35.5 Å². The topological polar surface area (TPSA) is 86.5 Å². The van der Waals surface area contributed by atoms with Gasteiger partial charge in [0, 0.05) is 36.9 Å². The fourth-order valence-corrected chi connectivity index (χ4v) is 3.71. The number of benzene rings is 1. The lowest BCUT2D eigenvalue weighted by Gasteiger charge is -2.19. The fraction of sp³-hybridized carbons (Fsp3) is 0.381. The lowest BCUT2D eigenvalue weighted by atomic mass is 9.87. The highest BCUT2D eigenvalue weighted by atomic mass is 16.3. The lowest BCUT2D eigenvalue weighted by Crippen LogP contribution is -2.22. The number of anilines is 1. The second-order valence-corrected chi connectivity index (χ2v) is 7.90. The Morgan fingerprint density at radius 2 is 1.83 bits per heavy atom. The summed E-state index contributed by atoms with van der Waals surface area (Å²) in [5.74, 6) is -0.160. The number of pyridine rings is 1. The zero-order valence-electron chi connectivity index (χ0n) is 17.2. The molecule has 0 bridgehead atoms. The maximum Gasteiger partial charge on any atom is 0.198 e. The van der Waals surface area contributed by atoms with Crippen molar-refractivity contribution < 1.29 is 9.90 Å². The molecule has 2 heterocycles. The molecule has 0 amide bonds. The number of aromatic nitrogens is 3. The van der Waals surface area contributed by atoms with Gasteiger partial charge in [-0.15, -0.1) is 0 Å². The minimum absolute atomic E-state index is 0.0216. The molecule has 8 heteroatoms. The van der Waals surface area contributed by atoms with Gasteiger partial charge in [0.25, 0.3) is 0 Å². The molecule has 0 unspecified atom stereocenters. The van der Waals surface area contributed by atoms with Crippen LogP contribution in [-0.4, -0.2) is 83.3 Å². The molecule has 4 rings (SSSR count). The molecule has 1 aliphatic rings. The number of nitrogens with zero attached hydrogens (tertiary/aromatic N) is 5. The Labute approximate surface area is 169 Å². The molecule has 0 fully saturated rings. The molecule has 1 aliphatic carbocycles. The van der Waals surface area contributed by atoms with Crippen LogP contribution in [-0.2, 0) is 6.54 Å². The second kappa shape index (κ2) is 7.46. The van der Waals surface area contributed by atoms with Gasteiger partial charge in [0.1, 0.15) is 11.4 Å². The summed E-state index contributed by atoms with van der Waals surface area (Å²) < 4.78 is 1.92. The number of rotatable bonds is 7. The van der Waals surface area contributed by atoms with E-state index in [-0.39, 0.29) is 11.5 Å². The molecule has 0 saturated carbocycles. The van der Waals surface area contributed by atoms with Gasteiger partial charge in [-0.3, -0.25) is 14.5 Å². The van der Waals surface area contributed by atoms with Crippen LogP contribution < -0.4 is 5.32 Å². The average molecular weight is 394 g/mol. The van der Waals surface area contributed by atoms with Crippen LogP contribution in [0.15, 0.2) is 24.5 Å². The Kier molecular flexibility index (Phi) is 4.97. The van der Waals surface area contributed by atoms with E-state index in [0.717, 1.165) is 29.7 Å². The molecule has 2 aromatic heterocycles. The standard InChI is InChI=1S/C21H26N6O2/c1-25(2)8-7-23-14-5-6-15-19-18(14)21(29)13-11-22-12-16(28)17(13)20(19)24-27(15)10-9-26(3)4/h5-6,11-12,23,28H,7-10H2,1-4H3. The third kappa shape index (κ3) is 3.34. The van der Waals surface area contributed by atoms with Crippen molar-refractivity contribution in [3.8, 4) is 17.0 Å². The van der Waals surface area contributed by atoms with Crippen LogP contribution in [0.25, 0.3) is 22.2 Å². The molecule has 3 aromatic rings. The van der Waals surface area contributed by atoms with Crippen molar-refractivity contribution in [2.45, 2.75) is 6.54 Å². The van der Waals surface area contributed by atoms with Gasteiger partial charge in [-0.05, 0) is 40.3 Å². The molecular formula is C21H26N6O2. The number of carbonyl (C=O) groups is 1. The first-order valence-electron chi connectivity index (χ1n) is 9.67. The zero-order chi connectivity index (χ0) is 20.7. The molecule has 0 spiro atoms. The Bertz CT molecular complexity index is 1090. The largest absolute Gasteiger partial charge is 0.506 e. The smallest absolute Gasteiger partial charge is 0.198 e. The van der Waals surface area contributed by atoms with Crippen LogP contribution in [0.2, 0.25) is 0 Å². The molecule has 29 heavy (non-hydrogen) atoms. The van der Waals surface area contributed by atoms with Gasteiger partial charge in [0.05, 0.1) is 34.9 Å². The number of likely N-dealkylation sites (N-methyl/N-ethyl adjacent to an activating group) is 2. The fourth-order valence-electron chi connectivity index (χ4n) is 3.71. The molecule has 0 radical (unpaired) electrons. The Hall–Kier alpha value is -2.97. The third-order valence-electron chi connectivity index (χ3n) is 5.19. The van der Waals surface area contributed by atoms with Gasteiger partial charge in [-0.25, -0.2) is 0 Å². The first-order chi connectivity index (χ1) is 13.9. The van der Waals surface area contributed by atoms with E-state index in [4.69, 9.17) is 5.10 Å². The Balaban J connectivity index is 1.90. The van der Waals surface area contributed by atoms with Crippen molar-refractivity contribution in [1.82, 2.24) is 24.6 Å². The molecule has 1 aromatic carbocycles. The van der Waals surface area contributed by atoms with E-state index in [2.05, 4.69) is 20.1 Å². The van der Waals surface area contributed by atoms with Gasteiger partial charge in [0.2, 0.25) is 0 Å². The molecule has 0 saturated heterocycles. The SMILES string of the molecule is CN(C)CCNc1ccc2c3c(nn2CCN(C)C)-c2c(O)cncc2C(=O)c13. The quantitative estimate of drug-likeness (QED) is 0.495. The van der Waals surface area contributed by atoms with Crippen molar-refractivity contribution in [2.24, 2.45) is 0 Å². The van der Waals surface area contributed by atoms with Gasteiger partial charge in [0.15, 0.2) is 5.78 Å². The normalized spacial score (nSPS) is 12.8. The van der Waals surface area contributed by atoms with Gasteiger partial charge in [-0.1, -0.05) is 0 Å². The van der Waals surface area contributed by atoms with Crippen molar-refractivity contribution >= 4 is 22.4 Å². The number of carbonyl (C=O) groups excluding carboxylic acids is 1. The molecule has 2 N–H and O–H groups in total. The summed E-state index contributed by atoms with van der Waals surface area (Å²) >= 11 is 0. The van der Waals surface area contributed by atoms with Crippen LogP contribution in [0, 0.1) is 0 Å². The van der Waals surface area contributed by atoms with E-state index < -0.39 is 0 Å². The summed E-state index contributed by atoms with van der Waals surface area (Å²) in [5, 5.41) is 19.4. The summed E-state index contributed by atoms with van der Waals surface area (Å²) in [4.78, 5) is 21.6. The first kappa shape index (κ1) is 19.4. The van der Waals surface area contributed by atoms with Gasteiger partial charge < -0.3 is 20.2 Å². The second-order valence-electron chi connectivity index (χ2n) is 7.90. The predicted octanol–water partition coefficient (Wildman–Crippen LogP) is 1.88. The molecule has 152 valence electrons. The number of hydrogen-bond acceptors (Lipinski definition) is 7. The summed E-state index contributed by atoms with van der Waals surface area (Å²) in [7, 11) is 8.05. The van der Waals surface area contributed by atoms with Crippen molar-refractivity contribution in [3.05, 3.63) is 35.7 Å². The highest BCUT2D eigenvalue weighted by molar-refractivity contribution is 6.28. The summed E-state index contributed by atoms with van der Waals surface area (Å²) in [6, 6.07) is 3.95. The molecule has 0 atom stereocenters. The molecule has 0 aliphatic heterocycles.